The third-order valence-electron chi connectivity index (χ3n) is 6.12. The summed E-state index contributed by atoms with van der Waals surface area (Å²) < 4.78 is 36.8. The number of ether oxygens (including phenoxy) is 1. The van der Waals surface area contributed by atoms with E-state index in [4.69, 9.17) is 16.3 Å². The molecule has 1 aliphatic heterocycles. The van der Waals surface area contributed by atoms with E-state index in [-0.39, 0.29) is 23.7 Å². The predicted octanol–water partition coefficient (Wildman–Crippen LogP) is 4.38. The van der Waals surface area contributed by atoms with Crippen LogP contribution in [-0.2, 0) is 0 Å². The second kappa shape index (κ2) is 7.90. The molecule has 1 saturated heterocycles. The number of fused-ring (bicyclic) bond motifs is 1. The van der Waals surface area contributed by atoms with Crippen LogP contribution in [0.15, 0.2) is 18.5 Å². The van der Waals surface area contributed by atoms with Crippen LogP contribution in [0.2, 0.25) is 5.15 Å². The van der Waals surface area contributed by atoms with E-state index in [0.29, 0.717) is 36.8 Å². The summed E-state index contributed by atoms with van der Waals surface area (Å²) in [5.41, 5.74) is 0.964. The summed E-state index contributed by atoms with van der Waals surface area (Å²) in [5.74, 6) is -2.25. The van der Waals surface area contributed by atoms with Gasteiger partial charge in [0.15, 0.2) is 5.15 Å². The van der Waals surface area contributed by atoms with Gasteiger partial charge in [-0.25, -0.2) is 13.5 Å². The van der Waals surface area contributed by atoms with E-state index in [1.165, 1.54) is 10.9 Å². The summed E-state index contributed by atoms with van der Waals surface area (Å²) >= 11 is 6.47. The van der Waals surface area contributed by atoms with Gasteiger partial charge in [0, 0.05) is 18.8 Å². The maximum atomic E-state index is 15.0. The van der Waals surface area contributed by atoms with Gasteiger partial charge in [0.25, 0.3) is 5.92 Å². The summed E-state index contributed by atoms with van der Waals surface area (Å²) in [4.78, 5) is 13.7. The number of piperidine rings is 1. The van der Waals surface area contributed by atoms with E-state index in [9.17, 15) is 8.78 Å². The van der Waals surface area contributed by atoms with Crippen molar-refractivity contribution in [3.8, 4) is 5.88 Å². The first-order valence-corrected chi connectivity index (χ1v) is 10.9. The predicted molar refractivity (Wildman–Crippen MR) is 113 cm³/mol. The van der Waals surface area contributed by atoms with Crippen molar-refractivity contribution in [1.29, 1.82) is 0 Å². The molecule has 0 aromatic carbocycles. The molecule has 166 valence electrons. The Labute approximate surface area is 182 Å². The number of nitrogens with one attached hydrogen (secondary N) is 2. The zero-order chi connectivity index (χ0) is 21.6. The fraction of sp³-hybridized carbons (Fsp3) is 0.550. The zero-order valence-electron chi connectivity index (χ0n) is 17.1. The molecule has 4 heterocycles. The lowest BCUT2D eigenvalue weighted by Crippen LogP contribution is -2.54. The fourth-order valence-corrected chi connectivity index (χ4v) is 4.56. The normalized spacial score (nSPS) is 21.9. The van der Waals surface area contributed by atoms with E-state index in [2.05, 4.69) is 25.4 Å². The molecular weight excluding hydrogens is 428 g/mol. The molecule has 2 N–H and O–H groups in total. The van der Waals surface area contributed by atoms with Gasteiger partial charge in [-0.2, -0.15) is 15.1 Å². The van der Waals surface area contributed by atoms with Crippen LogP contribution in [0.25, 0.3) is 11.0 Å². The summed E-state index contributed by atoms with van der Waals surface area (Å²) in [5, 5.41) is 8.03. The van der Waals surface area contributed by atoms with Crippen molar-refractivity contribution in [3.05, 3.63) is 23.6 Å². The standard InChI is InChI=1S/C20H24ClF2N7O/c1-2-31-18-13-6-8-24-17(13)27-19(28-18)26-14-10-25-30(16(14)21)15-7-9-29(11-20(15,22)23)12-4-3-5-12/h6,8,10,12,15H,2-5,7,9,11H2,1H3,(H2,24,26,27,28)/t15-/m1/s1. The number of likely N-dealkylation sites (tertiary alicyclic amines) is 1. The van der Waals surface area contributed by atoms with Crippen LogP contribution in [-0.4, -0.2) is 61.3 Å². The van der Waals surface area contributed by atoms with E-state index >= 15 is 0 Å². The molecule has 1 atom stereocenters. The lowest BCUT2D eigenvalue weighted by atomic mass is 9.88. The number of H-pyrrole nitrogens is 1. The van der Waals surface area contributed by atoms with Gasteiger partial charge in [0.1, 0.15) is 11.7 Å². The number of anilines is 2. The summed E-state index contributed by atoms with van der Waals surface area (Å²) in [7, 11) is 0. The van der Waals surface area contributed by atoms with Gasteiger partial charge in [0.05, 0.1) is 30.4 Å². The molecule has 0 amide bonds. The quantitative estimate of drug-likeness (QED) is 0.578. The van der Waals surface area contributed by atoms with Crippen LogP contribution in [0.5, 0.6) is 5.88 Å². The Bertz CT molecular complexity index is 1080. The molecule has 2 fully saturated rings. The Kier molecular flexibility index (Phi) is 5.21. The van der Waals surface area contributed by atoms with Crippen molar-refractivity contribution < 1.29 is 13.5 Å². The number of hydrogen-bond acceptors (Lipinski definition) is 6. The maximum Gasteiger partial charge on any atom is 0.282 e. The third-order valence-corrected chi connectivity index (χ3v) is 6.50. The first-order chi connectivity index (χ1) is 15.0. The average Bonchev–Trinajstić information content (AvgIpc) is 3.28. The fourth-order valence-electron chi connectivity index (χ4n) is 4.30. The van der Waals surface area contributed by atoms with Crippen molar-refractivity contribution in [3.63, 3.8) is 0 Å². The van der Waals surface area contributed by atoms with Crippen molar-refractivity contribution in [2.24, 2.45) is 0 Å². The van der Waals surface area contributed by atoms with Crippen LogP contribution in [0.1, 0.15) is 38.6 Å². The first-order valence-electron chi connectivity index (χ1n) is 10.6. The number of aromatic amines is 1. The van der Waals surface area contributed by atoms with E-state index in [0.717, 1.165) is 24.6 Å². The number of alkyl halides is 2. The number of aromatic nitrogens is 5. The smallest absolute Gasteiger partial charge is 0.282 e. The Morgan fingerprint density at radius 2 is 2.16 bits per heavy atom. The lowest BCUT2D eigenvalue weighted by Gasteiger charge is -2.45. The van der Waals surface area contributed by atoms with E-state index in [1.807, 2.05) is 17.9 Å². The minimum atomic E-state index is -2.91. The average molecular weight is 452 g/mol. The van der Waals surface area contributed by atoms with Crippen LogP contribution in [0.4, 0.5) is 20.4 Å². The summed E-state index contributed by atoms with van der Waals surface area (Å²) in [6, 6.07) is 1.03. The molecule has 3 aromatic rings. The van der Waals surface area contributed by atoms with Crippen LogP contribution in [0, 0.1) is 0 Å². The molecule has 0 unspecified atom stereocenters. The van der Waals surface area contributed by atoms with E-state index < -0.39 is 12.0 Å². The van der Waals surface area contributed by atoms with Crippen molar-refractivity contribution in [2.75, 3.05) is 25.0 Å². The largest absolute Gasteiger partial charge is 0.477 e. The topological polar surface area (TPSA) is 83.9 Å². The summed E-state index contributed by atoms with van der Waals surface area (Å²) in [6.07, 6.45) is 6.60. The SMILES string of the molecule is CCOc1nc(Nc2cnn([C@@H]3CCN(C4CCC4)CC3(F)F)c2Cl)nc2[nH]ccc12. The number of nitrogens with zero attached hydrogens (tertiary/aromatic N) is 5. The molecular formula is C20H24ClF2N7O. The number of halogens is 3. The molecule has 3 aromatic heterocycles. The van der Waals surface area contributed by atoms with Gasteiger partial charge in [-0.3, -0.25) is 4.90 Å². The molecule has 0 bridgehead atoms. The Morgan fingerprint density at radius 3 is 2.87 bits per heavy atom. The van der Waals surface area contributed by atoms with Gasteiger partial charge in [-0.05, 0) is 32.3 Å². The Hall–Kier alpha value is -2.46. The van der Waals surface area contributed by atoms with Crippen LogP contribution >= 0.6 is 11.6 Å². The van der Waals surface area contributed by atoms with E-state index in [1.54, 1.807) is 6.20 Å². The van der Waals surface area contributed by atoms with Crippen LogP contribution < -0.4 is 10.1 Å². The molecule has 5 rings (SSSR count). The van der Waals surface area contributed by atoms with Gasteiger partial charge < -0.3 is 15.0 Å². The second-order valence-corrected chi connectivity index (χ2v) is 8.42. The van der Waals surface area contributed by atoms with Crippen molar-refractivity contribution in [1.82, 2.24) is 29.6 Å². The lowest BCUT2D eigenvalue weighted by molar-refractivity contribution is -0.121. The molecule has 11 heteroatoms. The molecule has 1 aliphatic carbocycles. The highest BCUT2D eigenvalue weighted by molar-refractivity contribution is 6.32. The van der Waals surface area contributed by atoms with Crippen LogP contribution in [0.3, 0.4) is 0 Å². The number of rotatable bonds is 6. The minimum absolute atomic E-state index is 0.106. The second-order valence-electron chi connectivity index (χ2n) is 8.06. The molecule has 0 radical (unpaired) electrons. The minimum Gasteiger partial charge on any atom is -0.477 e. The van der Waals surface area contributed by atoms with Gasteiger partial charge >= 0.3 is 0 Å². The first kappa shape index (κ1) is 20.4. The highest BCUT2D eigenvalue weighted by Gasteiger charge is 2.48. The maximum absolute atomic E-state index is 15.0. The van der Waals surface area contributed by atoms with Crippen molar-refractivity contribution in [2.45, 2.75) is 50.6 Å². The molecule has 1 saturated carbocycles. The molecule has 2 aliphatic rings. The third kappa shape index (κ3) is 3.71. The van der Waals surface area contributed by atoms with Crippen molar-refractivity contribution >= 4 is 34.3 Å². The zero-order valence-corrected chi connectivity index (χ0v) is 17.9. The van der Waals surface area contributed by atoms with Gasteiger partial charge in [-0.1, -0.05) is 18.0 Å². The highest BCUT2D eigenvalue weighted by Crippen LogP contribution is 2.42. The Morgan fingerprint density at radius 1 is 1.32 bits per heavy atom. The molecule has 31 heavy (non-hydrogen) atoms. The molecule has 8 nitrogen and oxygen atoms in total. The Balaban J connectivity index is 1.37. The highest BCUT2D eigenvalue weighted by atomic mass is 35.5. The molecule has 0 spiro atoms. The van der Waals surface area contributed by atoms with Gasteiger partial charge in [-0.15, -0.1) is 0 Å². The summed E-state index contributed by atoms with van der Waals surface area (Å²) in [6.45, 7) is 2.68. The van der Waals surface area contributed by atoms with Gasteiger partial charge in [0.2, 0.25) is 11.8 Å². The monoisotopic (exact) mass is 451 g/mol. The number of hydrogen-bond donors (Lipinski definition) is 2.